The van der Waals surface area contributed by atoms with E-state index >= 15 is 8.78 Å². The van der Waals surface area contributed by atoms with Crippen LogP contribution in [0, 0.1) is 17.5 Å². The minimum Gasteiger partial charge on any atom is -0.410 e. The zero-order valence-electron chi connectivity index (χ0n) is 20.6. The van der Waals surface area contributed by atoms with Crippen LogP contribution in [-0.2, 0) is 12.0 Å². The molecule has 192 valence electrons. The van der Waals surface area contributed by atoms with Gasteiger partial charge in [0.1, 0.15) is 5.75 Å². The minimum atomic E-state index is -3.56. The quantitative estimate of drug-likeness (QED) is 0.345. The van der Waals surface area contributed by atoms with Crippen LogP contribution in [0.1, 0.15) is 42.8 Å². The Bertz CT molecular complexity index is 1180. The molecule has 3 heterocycles. The Morgan fingerprint density at radius 3 is 2.56 bits per heavy atom. The molecule has 1 aromatic carbocycles. The van der Waals surface area contributed by atoms with Crippen molar-refractivity contribution in [1.29, 1.82) is 0 Å². The van der Waals surface area contributed by atoms with Crippen molar-refractivity contribution in [2.75, 3.05) is 13.1 Å². The number of para-hydroxylation sites is 1. The second-order valence-corrected chi connectivity index (χ2v) is 10.9. The van der Waals surface area contributed by atoms with Crippen LogP contribution in [0.3, 0.4) is 0 Å². The van der Waals surface area contributed by atoms with Gasteiger partial charge >= 0.3 is 12.1 Å². The molecular formula is C27H30F3N3O2S. The fourth-order valence-corrected chi connectivity index (χ4v) is 5.44. The average Bonchev–Trinajstić information content (AvgIpc) is 3.46. The van der Waals surface area contributed by atoms with Gasteiger partial charge in [0, 0.05) is 28.9 Å². The van der Waals surface area contributed by atoms with Crippen LogP contribution in [0.25, 0.3) is 0 Å². The van der Waals surface area contributed by atoms with Crippen molar-refractivity contribution >= 4 is 17.4 Å². The van der Waals surface area contributed by atoms with Gasteiger partial charge in [-0.05, 0) is 82.5 Å². The summed E-state index contributed by atoms with van der Waals surface area (Å²) in [5.41, 5.74) is -0.332. The third-order valence-electron chi connectivity index (χ3n) is 7.12. The van der Waals surface area contributed by atoms with Crippen molar-refractivity contribution in [1.82, 2.24) is 15.2 Å². The first-order valence-corrected chi connectivity index (χ1v) is 12.7. The van der Waals surface area contributed by atoms with Crippen molar-refractivity contribution in [3.63, 3.8) is 0 Å². The van der Waals surface area contributed by atoms with E-state index in [2.05, 4.69) is 4.98 Å². The lowest BCUT2D eigenvalue weighted by Crippen LogP contribution is -2.57. The summed E-state index contributed by atoms with van der Waals surface area (Å²) in [5.74, 6) is 0.176. The number of likely N-dealkylation sites (tertiary alicyclic amines) is 1. The van der Waals surface area contributed by atoms with E-state index in [4.69, 9.17) is 4.74 Å². The lowest BCUT2D eigenvalue weighted by atomic mass is 9.79. The van der Waals surface area contributed by atoms with E-state index in [0.29, 0.717) is 11.4 Å². The highest BCUT2D eigenvalue weighted by molar-refractivity contribution is 7.10. The fraction of sp³-hybridized carbons (Fsp3) is 0.407. The van der Waals surface area contributed by atoms with Crippen molar-refractivity contribution in [2.45, 2.75) is 51.6 Å². The molecule has 9 heteroatoms. The van der Waals surface area contributed by atoms with Crippen LogP contribution < -0.4 is 10.1 Å². The van der Waals surface area contributed by atoms with E-state index in [1.807, 2.05) is 43.1 Å². The maximum absolute atomic E-state index is 15.9. The van der Waals surface area contributed by atoms with Crippen LogP contribution in [0.15, 0.2) is 60.8 Å². The molecule has 0 bridgehead atoms. The Morgan fingerprint density at radius 2 is 1.92 bits per heavy atom. The Labute approximate surface area is 213 Å². The predicted octanol–water partition coefficient (Wildman–Crippen LogP) is 6.53. The molecular weight excluding hydrogens is 487 g/mol. The van der Waals surface area contributed by atoms with Crippen LogP contribution in [-0.4, -0.2) is 35.1 Å². The molecule has 0 radical (unpaired) electrons. The van der Waals surface area contributed by atoms with Gasteiger partial charge in [-0.15, -0.1) is 11.3 Å². The molecule has 1 fully saturated rings. The van der Waals surface area contributed by atoms with Gasteiger partial charge in [-0.25, -0.2) is 4.79 Å². The summed E-state index contributed by atoms with van der Waals surface area (Å²) in [6, 6.07) is 11.4. The second kappa shape index (κ2) is 10.2. The highest BCUT2D eigenvalue weighted by Gasteiger charge is 2.59. The summed E-state index contributed by atoms with van der Waals surface area (Å²) in [4.78, 5) is 19.5. The van der Waals surface area contributed by atoms with Gasteiger partial charge in [0.15, 0.2) is 5.13 Å². The molecule has 1 atom stereocenters. The average molecular weight is 518 g/mol. The molecule has 0 saturated carbocycles. The number of thiophene rings is 1. The Hall–Kier alpha value is -2.91. The number of hydrogen-bond acceptors (Lipinski definition) is 5. The molecule has 5 nitrogen and oxygen atoms in total. The monoisotopic (exact) mass is 517 g/mol. The van der Waals surface area contributed by atoms with E-state index < -0.39 is 23.1 Å². The SMILES string of the molecule is Cc1ccc(C(C)(C)N2CCC(CCc3ccc(F)s3)(C(F)(F)NC(=O)Oc3ccccc3)C2)cn1. The number of nitrogens with zero attached hydrogens (tertiary/aromatic N) is 2. The van der Waals surface area contributed by atoms with Gasteiger partial charge in [0.2, 0.25) is 0 Å². The van der Waals surface area contributed by atoms with Gasteiger partial charge < -0.3 is 4.74 Å². The highest BCUT2D eigenvalue weighted by atomic mass is 32.1. The van der Waals surface area contributed by atoms with Gasteiger partial charge in [-0.1, -0.05) is 24.3 Å². The Kier molecular flexibility index (Phi) is 7.43. The maximum Gasteiger partial charge on any atom is 0.417 e. The smallest absolute Gasteiger partial charge is 0.410 e. The number of hydrogen-bond donors (Lipinski definition) is 1. The zero-order chi connectivity index (χ0) is 26.0. The summed E-state index contributed by atoms with van der Waals surface area (Å²) in [5, 5.41) is 1.49. The van der Waals surface area contributed by atoms with Crippen LogP contribution in [0.4, 0.5) is 18.0 Å². The Morgan fingerprint density at radius 1 is 1.17 bits per heavy atom. The molecule has 0 aliphatic carbocycles. The summed E-state index contributed by atoms with van der Waals surface area (Å²) >= 11 is 0.955. The largest absolute Gasteiger partial charge is 0.417 e. The number of aryl methyl sites for hydroxylation is 2. The van der Waals surface area contributed by atoms with E-state index in [9.17, 15) is 9.18 Å². The number of carbonyl (C=O) groups excluding carboxylic acids is 1. The summed E-state index contributed by atoms with van der Waals surface area (Å²) in [6.07, 6.45) is 1.07. The third-order valence-corrected chi connectivity index (χ3v) is 8.05. The molecule has 1 unspecified atom stereocenters. The van der Waals surface area contributed by atoms with Crippen LogP contribution in [0.2, 0.25) is 0 Å². The molecule has 1 amide bonds. The van der Waals surface area contributed by atoms with Gasteiger partial charge in [-0.3, -0.25) is 15.2 Å². The van der Waals surface area contributed by atoms with Gasteiger partial charge in [0.25, 0.3) is 0 Å². The molecule has 36 heavy (non-hydrogen) atoms. The highest BCUT2D eigenvalue weighted by Crippen LogP contribution is 2.49. The second-order valence-electron chi connectivity index (χ2n) is 9.81. The molecule has 4 rings (SSSR count). The molecule has 1 saturated heterocycles. The molecule has 2 aromatic heterocycles. The normalized spacial score (nSPS) is 18.8. The van der Waals surface area contributed by atoms with E-state index in [1.54, 1.807) is 30.5 Å². The number of amides is 1. The predicted molar refractivity (Wildman–Crippen MR) is 134 cm³/mol. The number of benzene rings is 1. The number of pyridine rings is 1. The topological polar surface area (TPSA) is 54.5 Å². The van der Waals surface area contributed by atoms with Gasteiger partial charge in [0.05, 0.1) is 5.41 Å². The summed E-state index contributed by atoms with van der Waals surface area (Å²) in [6.45, 7) is 6.31. The van der Waals surface area contributed by atoms with Crippen molar-refractivity contribution < 1.29 is 22.7 Å². The third kappa shape index (κ3) is 5.57. The number of nitrogens with one attached hydrogen (secondary N) is 1. The molecule has 3 aromatic rings. The van der Waals surface area contributed by atoms with Crippen LogP contribution >= 0.6 is 11.3 Å². The standard InChI is InChI=1S/C27H30F3N3O2S/c1-19-9-10-20(17-31-19)25(2,3)33-16-15-26(18-33,14-13-22-11-12-23(28)36-22)27(29,30)32-24(34)35-21-7-5-4-6-8-21/h4-12,17H,13-16,18H2,1-3H3,(H,32,34). The lowest BCUT2D eigenvalue weighted by Gasteiger charge is -2.40. The van der Waals surface area contributed by atoms with Crippen molar-refractivity contribution in [3.05, 3.63) is 82.1 Å². The summed E-state index contributed by atoms with van der Waals surface area (Å²) < 4.78 is 50.5. The van der Waals surface area contributed by atoms with E-state index in [1.165, 1.54) is 18.2 Å². The van der Waals surface area contributed by atoms with Gasteiger partial charge in [-0.2, -0.15) is 13.2 Å². The fourth-order valence-electron chi connectivity index (χ4n) is 4.71. The first-order chi connectivity index (χ1) is 17.0. The van der Waals surface area contributed by atoms with Crippen LogP contribution in [0.5, 0.6) is 5.75 Å². The number of alkyl halides is 2. The molecule has 1 aliphatic rings. The lowest BCUT2D eigenvalue weighted by molar-refractivity contribution is -0.141. The number of ether oxygens (including phenoxy) is 1. The number of halogens is 3. The molecule has 1 N–H and O–H groups in total. The minimum absolute atomic E-state index is 0.0420. The van der Waals surface area contributed by atoms with Crippen molar-refractivity contribution in [3.8, 4) is 5.75 Å². The maximum atomic E-state index is 15.9. The van der Waals surface area contributed by atoms with E-state index in [-0.39, 0.29) is 36.7 Å². The number of rotatable bonds is 8. The Balaban J connectivity index is 1.57. The first-order valence-electron chi connectivity index (χ1n) is 11.9. The van der Waals surface area contributed by atoms with Crippen molar-refractivity contribution in [2.24, 2.45) is 5.41 Å². The molecule has 1 aliphatic heterocycles. The summed E-state index contributed by atoms with van der Waals surface area (Å²) in [7, 11) is 0. The number of carbonyl (C=O) groups is 1. The first kappa shape index (κ1) is 26.2. The molecule has 0 spiro atoms. The van der Waals surface area contributed by atoms with E-state index in [0.717, 1.165) is 22.6 Å². The number of aromatic nitrogens is 1. The zero-order valence-corrected chi connectivity index (χ0v) is 21.4.